The van der Waals surface area contributed by atoms with Crippen LogP contribution >= 0.6 is 0 Å². The molecular weight excluding hydrogens is 493 g/mol. The van der Waals surface area contributed by atoms with Crippen molar-refractivity contribution in [2.24, 2.45) is 5.92 Å². The third kappa shape index (κ3) is 6.33. The lowest BCUT2D eigenvalue weighted by atomic mass is 9.78. The fourth-order valence-electron chi connectivity index (χ4n) is 4.95. The lowest BCUT2D eigenvalue weighted by Gasteiger charge is -2.32. The van der Waals surface area contributed by atoms with Gasteiger partial charge in [0.1, 0.15) is 5.75 Å². The Kier molecular flexibility index (Phi) is 8.54. The number of rotatable bonds is 10. The van der Waals surface area contributed by atoms with Gasteiger partial charge in [-0.2, -0.15) is 0 Å². The molecule has 1 aromatic heterocycles. The zero-order valence-corrected chi connectivity index (χ0v) is 22.7. The molecule has 0 radical (unpaired) electrons. The number of benzene rings is 2. The molecule has 1 fully saturated rings. The topological polar surface area (TPSA) is 89.6 Å². The van der Waals surface area contributed by atoms with E-state index in [2.05, 4.69) is 15.0 Å². The SMILES string of the molecule is COc1c(F)cc(C(CCOc2cccc3nc(C)ccc23)C2CCNCC2)cc1NS(=O)(=O)C(C)C. The molecule has 4 rings (SSSR count). The van der Waals surface area contributed by atoms with E-state index in [4.69, 9.17) is 9.47 Å². The Labute approximate surface area is 218 Å². The highest BCUT2D eigenvalue weighted by atomic mass is 32.2. The van der Waals surface area contributed by atoms with Crippen LogP contribution < -0.4 is 19.5 Å². The Hall–Kier alpha value is -2.91. The van der Waals surface area contributed by atoms with Gasteiger partial charge in [0.2, 0.25) is 10.0 Å². The number of halogens is 1. The molecule has 9 heteroatoms. The Morgan fingerprint density at radius 2 is 1.92 bits per heavy atom. The maximum absolute atomic E-state index is 15.2. The van der Waals surface area contributed by atoms with Gasteiger partial charge in [-0.15, -0.1) is 0 Å². The third-order valence-electron chi connectivity index (χ3n) is 7.04. The van der Waals surface area contributed by atoms with Gasteiger partial charge in [0.15, 0.2) is 11.6 Å². The number of ether oxygens (including phenoxy) is 2. The van der Waals surface area contributed by atoms with Gasteiger partial charge in [-0.05, 0) is 107 Å². The number of piperidine rings is 1. The molecule has 7 nitrogen and oxygen atoms in total. The summed E-state index contributed by atoms with van der Waals surface area (Å²) in [6.07, 6.45) is 2.55. The second-order valence-electron chi connectivity index (χ2n) is 9.89. The summed E-state index contributed by atoms with van der Waals surface area (Å²) >= 11 is 0. The molecule has 0 saturated carbocycles. The van der Waals surface area contributed by atoms with E-state index in [-0.39, 0.29) is 17.4 Å². The number of nitrogens with one attached hydrogen (secondary N) is 2. The van der Waals surface area contributed by atoms with E-state index >= 15 is 4.39 Å². The van der Waals surface area contributed by atoms with E-state index in [1.807, 2.05) is 37.3 Å². The van der Waals surface area contributed by atoms with Gasteiger partial charge in [-0.25, -0.2) is 12.8 Å². The van der Waals surface area contributed by atoms with Crippen LogP contribution in [0.25, 0.3) is 10.9 Å². The number of hydrogen-bond donors (Lipinski definition) is 2. The first-order valence-electron chi connectivity index (χ1n) is 12.8. The molecule has 1 atom stereocenters. The fourth-order valence-corrected chi connectivity index (χ4v) is 5.65. The number of anilines is 1. The van der Waals surface area contributed by atoms with Crippen LogP contribution in [-0.4, -0.2) is 45.5 Å². The number of aromatic nitrogens is 1. The number of sulfonamides is 1. The first-order valence-corrected chi connectivity index (χ1v) is 14.3. The molecule has 2 N–H and O–H groups in total. The normalized spacial score (nSPS) is 15.6. The standard InChI is InChI=1S/C28H36FN3O4S/c1-18(2)37(33,34)32-26-17-21(16-24(29)28(26)35-4)22(20-10-13-30-14-11-20)12-15-36-27-7-5-6-25-23(27)9-8-19(3)31-25/h5-9,16-18,20,22,30,32H,10-15H2,1-4H3. The van der Waals surface area contributed by atoms with Crippen LogP contribution in [0.5, 0.6) is 11.5 Å². The Morgan fingerprint density at radius 1 is 1.16 bits per heavy atom. The summed E-state index contributed by atoms with van der Waals surface area (Å²) in [6, 6.07) is 13.0. The monoisotopic (exact) mass is 529 g/mol. The van der Waals surface area contributed by atoms with Crippen molar-refractivity contribution < 1.29 is 22.3 Å². The van der Waals surface area contributed by atoms with Gasteiger partial charge in [0.05, 0.1) is 30.2 Å². The molecular formula is C28H36FN3O4S. The van der Waals surface area contributed by atoms with E-state index in [0.29, 0.717) is 18.9 Å². The lowest BCUT2D eigenvalue weighted by molar-refractivity contribution is 0.249. The molecule has 2 heterocycles. The maximum atomic E-state index is 15.2. The summed E-state index contributed by atoms with van der Waals surface area (Å²) in [6.45, 7) is 7.33. The van der Waals surface area contributed by atoms with Crippen LogP contribution in [0.1, 0.15) is 50.3 Å². The van der Waals surface area contributed by atoms with Crippen LogP contribution in [0, 0.1) is 18.7 Å². The second kappa shape index (κ2) is 11.6. The number of pyridine rings is 1. The van der Waals surface area contributed by atoms with Crippen LogP contribution in [-0.2, 0) is 10.0 Å². The molecule has 1 unspecified atom stereocenters. The molecule has 0 bridgehead atoms. The van der Waals surface area contributed by atoms with Gasteiger partial charge in [-0.3, -0.25) is 9.71 Å². The molecule has 0 spiro atoms. The van der Waals surface area contributed by atoms with Crippen LogP contribution in [0.2, 0.25) is 0 Å². The van der Waals surface area contributed by atoms with Gasteiger partial charge in [0, 0.05) is 11.1 Å². The van der Waals surface area contributed by atoms with Gasteiger partial charge >= 0.3 is 0 Å². The zero-order valence-electron chi connectivity index (χ0n) is 21.9. The Bertz CT molecular complexity index is 1340. The van der Waals surface area contributed by atoms with E-state index in [0.717, 1.165) is 53.8 Å². The summed E-state index contributed by atoms with van der Waals surface area (Å²) in [5, 5.41) is 3.67. The molecule has 3 aromatic rings. The molecule has 1 aliphatic rings. The van der Waals surface area contributed by atoms with Gasteiger partial charge in [-0.1, -0.05) is 6.07 Å². The number of methoxy groups -OCH3 is 1. The minimum atomic E-state index is -3.68. The summed E-state index contributed by atoms with van der Waals surface area (Å²) in [4.78, 5) is 4.58. The highest BCUT2D eigenvalue weighted by Gasteiger charge is 2.28. The minimum absolute atomic E-state index is 0.0137. The van der Waals surface area contributed by atoms with Gasteiger partial charge in [0.25, 0.3) is 0 Å². The quantitative estimate of drug-likeness (QED) is 0.366. The smallest absolute Gasteiger partial charge is 0.235 e. The van der Waals surface area contributed by atoms with E-state index in [1.165, 1.54) is 13.2 Å². The first kappa shape index (κ1) is 27.1. The van der Waals surface area contributed by atoms with Crippen molar-refractivity contribution in [1.29, 1.82) is 0 Å². The summed E-state index contributed by atoms with van der Waals surface area (Å²) in [7, 11) is -2.34. The van der Waals surface area contributed by atoms with Crippen molar-refractivity contribution in [3.05, 3.63) is 59.5 Å². The molecule has 1 saturated heterocycles. The average molecular weight is 530 g/mol. The minimum Gasteiger partial charge on any atom is -0.493 e. The predicted octanol–water partition coefficient (Wildman–Crippen LogP) is 5.39. The number of hydrogen-bond acceptors (Lipinski definition) is 6. The van der Waals surface area contributed by atoms with Crippen LogP contribution in [0.15, 0.2) is 42.5 Å². The van der Waals surface area contributed by atoms with Crippen molar-refractivity contribution in [1.82, 2.24) is 10.3 Å². The van der Waals surface area contributed by atoms with E-state index in [1.54, 1.807) is 19.9 Å². The van der Waals surface area contributed by atoms with Crippen molar-refractivity contribution in [2.75, 3.05) is 31.5 Å². The van der Waals surface area contributed by atoms with Crippen molar-refractivity contribution in [3.63, 3.8) is 0 Å². The lowest BCUT2D eigenvalue weighted by Crippen LogP contribution is -2.31. The van der Waals surface area contributed by atoms with E-state index < -0.39 is 21.1 Å². The van der Waals surface area contributed by atoms with Crippen molar-refractivity contribution in [3.8, 4) is 11.5 Å². The first-order chi connectivity index (χ1) is 17.7. The second-order valence-corrected chi connectivity index (χ2v) is 12.1. The predicted molar refractivity (Wildman–Crippen MR) is 146 cm³/mol. The van der Waals surface area contributed by atoms with Gasteiger partial charge < -0.3 is 14.8 Å². The molecule has 2 aromatic carbocycles. The summed E-state index contributed by atoms with van der Waals surface area (Å²) < 4.78 is 54.4. The summed E-state index contributed by atoms with van der Waals surface area (Å²) in [5.41, 5.74) is 2.69. The van der Waals surface area contributed by atoms with Crippen LogP contribution in [0.4, 0.5) is 10.1 Å². The molecule has 37 heavy (non-hydrogen) atoms. The molecule has 0 amide bonds. The van der Waals surface area contributed by atoms with Crippen molar-refractivity contribution >= 4 is 26.6 Å². The van der Waals surface area contributed by atoms with Crippen LogP contribution in [0.3, 0.4) is 0 Å². The highest BCUT2D eigenvalue weighted by molar-refractivity contribution is 7.93. The number of fused-ring (bicyclic) bond motifs is 1. The third-order valence-corrected chi connectivity index (χ3v) is 8.79. The largest absolute Gasteiger partial charge is 0.493 e. The summed E-state index contributed by atoms with van der Waals surface area (Å²) in [5.74, 6) is 0.369. The Morgan fingerprint density at radius 3 is 2.62 bits per heavy atom. The zero-order chi connectivity index (χ0) is 26.6. The average Bonchev–Trinajstić information content (AvgIpc) is 2.86. The molecule has 1 aliphatic heterocycles. The maximum Gasteiger partial charge on any atom is 0.235 e. The van der Waals surface area contributed by atoms with E-state index in [9.17, 15) is 8.42 Å². The Balaban J connectivity index is 1.62. The highest BCUT2D eigenvalue weighted by Crippen LogP contribution is 2.39. The fraction of sp³-hybridized carbons (Fsp3) is 0.464. The number of nitrogens with zero attached hydrogens (tertiary/aromatic N) is 1. The van der Waals surface area contributed by atoms with Crippen molar-refractivity contribution in [2.45, 2.75) is 51.2 Å². The molecule has 200 valence electrons. The molecule has 0 aliphatic carbocycles. The number of aryl methyl sites for hydroxylation is 1.